The average Bonchev–Trinajstić information content (AvgIpc) is 2.88. The molecule has 1 fully saturated rings. The third-order valence-corrected chi connectivity index (χ3v) is 4.84. The number of hydrogen-bond donors (Lipinski definition) is 3. The van der Waals surface area contributed by atoms with Crippen LogP contribution < -0.4 is 5.32 Å². The molecule has 0 unspecified atom stereocenters. The van der Waals surface area contributed by atoms with Gasteiger partial charge in [0.1, 0.15) is 11.8 Å². The number of carbonyl (C=O) groups excluding carboxylic acids is 2. The monoisotopic (exact) mass is 353 g/mol. The van der Waals surface area contributed by atoms with E-state index in [4.69, 9.17) is 5.11 Å². The Morgan fingerprint density at radius 1 is 1.28 bits per heavy atom. The zero-order valence-corrected chi connectivity index (χ0v) is 14.7. The summed E-state index contributed by atoms with van der Waals surface area (Å²) < 4.78 is 0. The standard InChI is InChI=1S/C18H27NO6/c1-3-11(2)17(18(24)25)19-15(21)10-12-8-9-14(20)13(12)6-4-5-7-16(22)23/h4-5,11-13,17H,3,6-10H2,1-2H3,(H,19,21)(H,22,23)(H,24,25)/b5-4+/t11-,12+,13-,17-/m0/s1. The van der Waals surface area contributed by atoms with Gasteiger partial charge in [-0.1, -0.05) is 32.4 Å². The average molecular weight is 353 g/mol. The minimum Gasteiger partial charge on any atom is -0.481 e. The van der Waals surface area contributed by atoms with E-state index in [1.165, 1.54) is 6.08 Å². The normalized spacial score (nSPS) is 22.7. The highest BCUT2D eigenvalue weighted by Gasteiger charge is 2.35. The number of amides is 1. The summed E-state index contributed by atoms with van der Waals surface area (Å²) in [5.74, 6) is -2.88. The number of rotatable bonds is 10. The summed E-state index contributed by atoms with van der Waals surface area (Å²) in [7, 11) is 0. The molecule has 0 aromatic carbocycles. The van der Waals surface area contributed by atoms with Crippen molar-refractivity contribution in [3.8, 4) is 0 Å². The smallest absolute Gasteiger partial charge is 0.326 e. The van der Waals surface area contributed by atoms with E-state index in [2.05, 4.69) is 5.32 Å². The molecule has 0 spiro atoms. The highest BCUT2D eigenvalue weighted by molar-refractivity contribution is 5.87. The quantitative estimate of drug-likeness (QED) is 0.517. The minimum atomic E-state index is -1.06. The van der Waals surface area contributed by atoms with Crippen molar-refractivity contribution in [1.82, 2.24) is 5.32 Å². The van der Waals surface area contributed by atoms with Crippen molar-refractivity contribution in [1.29, 1.82) is 0 Å². The predicted octanol–water partition coefficient (Wildman–Crippen LogP) is 2.01. The highest BCUT2D eigenvalue weighted by Crippen LogP contribution is 2.34. The van der Waals surface area contributed by atoms with E-state index in [1.807, 2.05) is 6.92 Å². The summed E-state index contributed by atoms with van der Waals surface area (Å²) >= 11 is 0. The second kappa shape index (κ2) is 9.96. The first-order chi connectivity index (χ1) is 11.8. The zero-order valence-electron chi connectivity index (χ0n) is 14.7. The number of hydrogen-bond acceptors (Lipinski definition) is 4. The van der Waals surface area contributed by atoms with Gasteiger partial charge in [-0.15, -0.1) is 0 Å². The maximum Gasteiger partial charge on any atom is 0.326 e. The summed E-state index contributed by atoms with van der Waals surface area (Å²) in [5.41, 5.74) is 0. The SMILES string of the molecule is CC[C@H](C)[C@H](NC(=O)C[C@H]1CCC(=O)[C@H]1C/C=C/CC(=O)O)C(=O)O. The van der Waals surface area contributed by atoms with E-state index in [9.17, 15) is 24.3 Å². The Labute approximate surface area is 147 Å². The maximum absolute atomic E-state index is 12.2. The van der Waals surface area contributed by atoms with Crippen LogP contribution in [-0.4, -0.2) is 39.9 Å². The molecule has 1 aliphatic rings. The summed E-state index contributed by atoms with van der Waals surface area (Å²) in [6.07, 6.45) is 5.26. The molecule has 0 saturated heterocycles. The summed E-state index contributed by atoms with van der Waals surface area (Å²) in [6, 6.07) is -0.927. The fourth-order valence-electron chi connectivity index (χ4n) is 3.13. The Morgan fingerprint density at radius 3 is 2.52 bits per heavy atom. The lowest BCUT2D eigenvalue weighted by molar-refractivity contribution is -0.143. The molecule has 0 aromatic heterocycles. The van der Waals surface area contributed by atoms with E-state index >= 15 is 0 Å². The number of carboxylic acid groups (broad SMARTS) is 2. The van der Waals surface area contributed by atoms with Crippen molar-refractivity contribution in [2.45, 2.75) is 58.4 Å². The summed E-state index contributed by atoms with van der Waals surface area (Å²) in [4.78, 5) is 46.0. The van der Waals surface area contributed by atoms with Crippen LogP contribution in [0.15, 0.2) is 12.2 Å². The molecule has 0 aliphatic heterocycles. The van der Waals surface area contributed by atoms with Gasteiger partial charge in [-0.2, -0.15) is 0 Å². The lowest BCUT2D eigenvalue weighted by Crippen LogP contribution is -2.45. The molecule has 7 heteroatoms. The first-order valence-electron chi connectivity index (χ1n) is 8.67. The maximum atomic E-state index is 12.2. The molecule has 25 heavy (non-hydrogen) atoms. The van der Waals surface area contributed by atoms with Crippen LogP contribution in [0.1, 0.15) is 52.4 Å². The third kappa shape index (κ3) is 6.68. The number of aliphatic carboxylic acids is 2. The summed E-state index contributed by atoms with van der Waals surface area (Å²) in [6.45, 7) is 3.64. The minimum absolute atomic E-state index is 0.0782. The van der Waals surface area contributed by atoms with Gasteiger partial charge in [0.15, 0.2) is 0 Å². The number of nitrogens with one attached hydrogen (secondary N) is 1. The molecule has 0 heterocycles. The molecular weight excluding hydrogens is 326 g/mol. The lowest BCUT2D eigenvalue weighted by atomic mass is 9.89. The van der Waals surface area contributed by atoms with Gasteiger partial charge in [0.25, 0.3) is 0 Å². The Balaban J connectivity index is 2.61. The van der Waals surface area contributed by atoms with E-state index in [-0.39, 0.29) is 42.3 Å². The van der Waals surface area contributed by atoms with Crippen LogP contribution in [-0.2, 0) is 19.2 Å². The molecule has 0 radical (unpaired) electrons. The Morgan fingerprint density at radius 2 is 1.96 bits per heavy atom. The van der Waals surface area contributed by atoms with Crippen LogP contribution in [0.3, 0.4) is 0 Å². The van der Waals surface area contributed by atoms with Crippen LogP contribution in [0.25, 0.3) is 0 Å². The van der Waals surface area contributed by atoms with Crippen molar-refractivity contribution in [3.63, 3.8) is 0 Å². The van der Waals surface area contributed by atoms with Crippen LogP contribution in [0.4, 0.5) is 0 Å². The third-order valence-electron chi connectivity index (χ3n) is 4.84. The first kappa shape index (κ1) is 20.9. The molecule has 0 aromatic rings. The largest absolute Gasteiger partial charge is 0.481 e. The fourth-order valence-corrected chi connectivity index (χ4v) is 3.13. The highest BCUT2D eigenvalue weighted by atomic mass is 16.4. The second-order valence-electron chi connectivity index (χ2n) is 6.65. The van der Waals surface area contributed by atoms with Gasteiger partial charge in [-0.3, -0.25) is 14.4 Å². The second-order valence-corrected chi connectivity index (χ2v) is 6.65. The van der Waals surface area contributed by atoms with Crippen LogP contribution in [0.5, 0.6) is 0 Å². The van der Waals surface area contributed by atoms with Gasteiger partial charge < -0.3 is 15.5 Å². The molecule has 1 amide bonds. The Bertz CT molecular complexity index is 542. The molecule has 1 saturated carbocycles. The molecule has 1 rings (SSSR count). The number of carbonyl (C=O) groups is 4. The van der Waals surface area contributed by atoms with Crippen molar-refractivity contribution in [2.75, 3.05) is 0 Å². The van der Waals surface area contributed by atoms with E-state index < -0.39 is 18.0 Å². The molecule has 7 nitrogen and oxygen atoms in total. The molecule has 1 aliphatic carbocycles. The Kier molecular flexibility index (Phi) is 8.31. The number of carboxylic acids is 2. The van der Waals surface area contributed by atoms with Crippen molar-refractivity contribution in [3.05, 3.63) is 12.2 Å². The number of allylic oxidation sites excluding steroid dienone is 1. The molecular formula is C18H27NO6. The zero-order chi connectivity index (χ0) is 19.0. The van der Waals surface area contributed by atoms with Gasteiger partial charge in [0.05, 0.1) is 6.42 Å². The van der Waals surface area contributed by atoms with Crippen LogP contribution >= 0.6 is 0 Å². The fraction of sp³-hybridized carbons (Fsp3) is 0.667. The van der Waals surface area contributed by atoms with E-state index in [1.54, 1.807) is 13.0 Å². The molecule has 0 bridgehead atoms. The number of Topliss-reactive ketones (excluding diaryl/α,β-unsaturated/α-hetero) is 1. The molecule has 4 atom stereocenters. The topological polar surface area (TPSA) is 121 Å². The number of ketones is 1. The van der Waals surface area contributed by atoms with Gasteiger partial charge >= 0.3 is 11.9 Å². The Hall–Kier alpha value is -2.18. The van der Waals surface area contributed by atoms with Crippen LogP contribution in [0, 0.1) is 17.8 Å². The van der Waals surface area contributed by atoms with Gasteiger partial charge in [-0.25, -0.2) is 4.79 Å². The van der Waals surface area contributed by atoms with Gasteiger partial charge in [0, 0.05) is 18.8 Å². The van der Waals surface area contributed by atoms with Gasteiger partial charge in [-0.05, 0) is 24.7 Å². The van der Waals surface area contributed by atoms with Crippen molar-refractivity contribution >= 4 is 23.6 Å². The van der Waals surface area contributed by atoms with E-state index in [0.717, 1.165) is 0 Å². The van der Waals surface area contributed by atoms with Crippen molar-refractivity contribution in [2.24, 2.45) is 17.8 Å². The molecule has 3 N–H and O–H groups in total. The van der Waals surface area contributed by atoms with E-state index in [0.29, 0.717) is 25.7 Å². The predicted molar refractivity (Wildman–Crippen MR) is 90.9 cm³/mol. The molecule has 140 valence electrons. The van der Waals surface area contributed by atoms with Gasteiger partial charge in [0.2, 0.25) is 5.91 Å². The summed E-state index contributed by atoms with van der Waals surface area (Å²) in [5, 5.41) is 20.4. The van der Waals surface area contributed by atoms with Crippen LogP contribution in [0.2, 0.25) is 0 Å². The first-order valence-corrected chi connectivity index (χ1v) is 8.67. The van der Waals surface area contributed by atoms with Crippen molar-refractivity contribution < 1.29 is 29.4 Å². The lowest BCUT2D eigenvalue weighted by Gasteiger charge is -2.22.